The van der Waals surface area contributed by atoms with Gasteiger partial charge < -0.3 is 33.4 Å². The number of esters is 3. The van der Waals surface area contributed by atoms with E-state index in [2.05, 4.69) is 10.3 Å². The van der Waals surface area contributed by atoms with Crippen molar-refractivity contribution < 1.29 is 56.7 Å². The Morgan fingerprint density at radius 3 is 2.30 bits per heavy atom. The normalized spacial score (nSPS) is 20.0. The van der Waals surface area contributed by atoms with Crippen LogP contribution < -0.4 is 5.43 Å². The van der Waals surface area contributed by atoms with Crippen LogP contribution in [-0.2, 0) is 51.2 Å². The van der Waals surface area contributed by atoms with Crippen molar-refractivity contribution in [3.05, 3.63) is 51.6 Å². The second-order valence-electron chi connectivity index (χ2n) is 9.34. The van der Waals surface area contributed by atoms with Gasteiger partial charge in [0.1, 0.15) is 16.9 Å². The summed E-state index contributed by atoms with van der Waals surface area (Å²) in [6.07, 6.45) is -3.01. The maximum Gasteiger partial charge on any atom is 0.341 e. The lowest BCUT2D eigenvalue weighted by Gasteiger charge is -2.40. The molecule has 15 nitrogen and oxygen atoms in total. The van der Waals surface area contributed by atoms with E-state index < -0.39 is 88.8 Å². The molecular weight excluding hydrogens is 582 g/mol. The molecule has 4 rings (SSSR count). The molecule has 0 radical (unpaired) electrons. The number of nitrogens with zero attached hydrogens (tertiary/aromatic N) is 4. The lowest BCUT2D eigenvalue weighted by molar-refractivity contribution is -0.283. The average molecular weight is 609 g/mol. The number of carboxylic acid groups (broad SMARTS) is 1. The fourth-order valence-corrected chi connectivity index (χ4v) is 4.58. The van der Waals surface area contributed by atoms with Gasteiger partial charge in [-0.05, 0) is 13.0 Å². The summed E-state index contributed by atoms with van der Waals surface area (Å²) < 4.78 is 59.7. The molecule has 0 spiro atoms. The van der Waals surface area contributed by atoms with Gasteiger partial charge in [-0.3, -0.25) is 19.2 Å². The third-order valence-corrected chi connectivity index (χ3v) is 6.27. The van der Waals surface area contributed by atoms with E-state index in [0.29, 0.717) is 0 Å². The summed E-state index contributed by atoms with van der Waals surface area (Å²) in [5.74, 6) is -6.17. The van der Waals surface area contributed by atoms with E-state index in [1.54, 1.807) is 6.92 Å². The van der Waals surface area contributed by atoms with E-state index in [-0.39, 0.29) is 24.4 Å². The van der Waals surface area contributed by atoms with E-state index in [0.717, 1.165) is 48.5 Å². The van der Waals surface area contributed by atoms with Crippen molar-refractivity contribution in [2.75, 3.05) is 6.61 Å². The van der Waals surface area contributed by atoms with Gasteiger partial charge in [0.15, 0.2) is 36.2 Å². The summed E-state index contributed by atoms with van der Waals surface area (Å²) in [6.45, 7) is 4.29. The predicted molar refractivity (Wildman–Crippen MR) is 137 cm³/mol. The molecule has 3 heterocycles. The molecule has 0 amide bonds. The Labute approximate surface area is 240 Å². The van der Waals surface area contributed by atoms with Crippen LogP contribution in [0.25, 0.3) is 16.6 Å². The number of pyridine rings is 1. The fraction of sp³-hybridized carbons (Fsp3) is 0.423. The maximum atomic E-state index is 15.7. The molecule has 43 heavy (non-hydrogen) atoms. The first kappa shape index (κ1) is 31.2. The molecule has 1 aliphatic rings. The third-order valence-electron chi connectivity index (χ3n) is 6.27. The molecule has 1 aliphatic heterocycles. The molecule has 0 bridgehead atoms. The Morgan fingerprint density at radius 1 is 1.05 bits per heavy atom. The van der Waals surface area contributed by atoms with Crippen LogP contribution in [0.15, 0.2) is 23.3 Å². The number of halogens is 2. The van der Waals surface area contributed by atoms with Gasteiger partial charge in [0.05, 0.1) is 30.3 Å². The Hall–Kier alpha value is -4.77. The smallest absolute Gasteiger partial charge is 0.341 e. The number of ether oxygens (including phenoxy) is 5. The lowest BCUT2D eigenvalue weighted by Crippen LogP contribution is -2.58. The number of carbonyl (C=O) groups excluding carboxylic acids is 3. The van der Waals surface area contributed by atoms with Crippen LogP contribution in [0.2, 0.25) is 0 Å². The van der Waals surface area contributed by atoms with Crippen LogP contribution in [0.5, 0.6) is 0 Å². The highest BCUT2D eigenvalue weighted by atomic mass is 19.1. The number of hydrogen-bond acceptors (Lipinski definition) is 12. The van der Waals surface area contributed by atoms with Gasteiger partial charge in [-0.2, -0.15) is 0 Å². The second kappa shape index (κ2) is 12.6. The van der Waals surface area contributed by atoms with Crippen molar-refractivity contribution in [2.45, 2.75) is 65.4 Å². The van der Waals surface area contributed by atoms with Gasteiger partial charge in [0, 0.05) is 33.5 Å². The molecular formula is C26H26F2N4O11. The van der Waals surface area contributed by atoms with E-state index in [1.807, 2.05) is 0 Å². The van der Waals surface area contributed by atoms with Crippen molar-refractivity contribution in [3.8, 4) is 5.69 Å². The van der Waals surface area contributed by atoms with Gasteiger partial charge in [-0.15, -0.1) is 5.10 Å². The molecule has 0 aliphatic carbocycles. The standard InChI is InChI=1S/C26H26F2N4O11/c1-5-31-8-16(25(37)38)22(36)15-6-17(27)21(19(28)20(15)31)32-7-14(29-30-32)9-39-26-24(43-13(4)35)23(42-12(3)34)18(10-40-26)41-11(2)33/h6-8,18,23-24,26H,5,9-10H2,1-4H3,(H,37,38)/t18-,23-,24+,26+/m1/s1. The van der Waals surface area contributed by atoms with Gasteiger partial charge in [0.25, 0.3) is 0 Å². The predicted octanol–water partition coefficient (Wildman–Crippen LogP) is 1.25. The van der Waals surface area contributed by atoms with Crippen LogP contribution in [0, 0.1) is 11.6 Å². The van der Waals surface area contributed by atoms with E-state index >= 15 is 8.78 Å². The summed E-state index contributed by atoms with van der Waals surface area (Å²) >= 11 is 0. The molecule has 2 aromatic heterocycles. The minimum absolute atomic E-state index is 0.0318. The number of carboxylic acids is 1. The number of fused-ring (bicyclic) bond motifs is 1. The first-order valence-corrected chi connectivity index (χ1v) is 12.8. The number of aromatic carboxylic acids is 1. The minimum atomic E-state index is -1.54. The molecule has 230 valence electrons. The Kier molecular flexibility index (Phi) is 9.15. The topological polar surface area (TPSA) is 187 Å². The van der Waals surface area contributed by atoms with Crippen LogP contribution in [0.1, 0.15) is 43.7 Å². The highest BCUT2D eigenvalue weighted by Gasteiger charge is 2.47. The number of carbonyl (C=O) groups is 4. The molecule has 1 N–H and O–H groups in total. The third kappa shape index (κ3) is 6.51. The zero-order valence-corrected chi connectivity index (χ0v) is 23.2. The average Bonchev–Trinajstić information content (AvgIpc) is 3.38. The Morgan fingerprint density at radius 2 is 1.70 bits per heavy atom. The summed E-state index contributed by atoms with van der Waals surface area (Å²) in [4.78, 5) is 59.1. The van der Waals surface area contributed by atoms with Crippen LogP contribution in [0.3, 0.4) is 0 Å². The number of aryl methyl sites for hydroxylation is 1. The van der Waals surface area contributed by atoms with Gasteiger partial charge >= 0.3 is 23.9 Å². The first-order chi connectivity index (χ1) is 20.3. The largest absolute Gasteiger partial charge is 0.477 e. The van der Waals surface area contributed by atoms with E-state index in [1.165, 1.54) is 0 Å². The van der Waals surface area contributed by atoms with Crippen molar-refractivity contribution in [1.29, 1.82) is 0 Å². The molecule has 1 saturated heterocycles. The summed E-state index contributed by atoms with van der Waals surface area (Å²) in [7, 11) is 0. The molecule has 4 atom stereocenters. The van der Waals surface area contributed by atoms with E-state index in [9.17, 15) is 29.1 Å². The summed E-state index contributed by atoms with van der Waals surface area (Å²) in [5, 5.41) is 16.4. The zero-order chi connectivity index (χ0) is 31.6. The highest BCUT2D eigenvalue weighted by Crippen LogP contribution is 2.28. The van der Waals surface area contributed by atoms with Gasteiger partial charge in [0.2, 0.25) is 5.43 Å². The van der Waals surface area contributed by atoms with Crippen molar-refractivity contribution in [2.24, 2.45) is 0 Å². The molecule has 3 aromatic rings. The Bertz CT molecular complexity index is 1650. The second-order valence-corrected chi connectivity index (χ2v) is 9.34. The van der Waals surface area contributed by atoms with Crippen molar-refractivity contribution in [3.63, 3.8) is 0 Å². The maximum absolute atomic E-state index is 15.7. The van der Waals surface area contributed by atoms with Crippen LogP contribution in [-0.4, -0.2) is 79.8 Å². The number of aromatic nitrogens is 4. The summed E-state index contributed by atoms with van der Waals surface area (Å²) in [5.41, 5.74) is -2.69. The summed E-state index contributed by atoms with van der Waals surface area (Å²) in [6, 6.07) is 0.723. The van der Waals surface area contributed by atoms with Gasteiger partial charge in [-0.1, -0.05) is 5.21 Å². The van der Waals surface area contributed by atoms with Crippen LogP contribution >= 0.6 is 0 Å². The lowest BCUT2D eigenvalue weighted by atomic mass is 10.0. The molecule has 0 saturated carbocycles. The monoisotopic (exact) mass is 608 g/mol. The highest BCUT2D eigenvalue weighted by molar-refractivity contribution is 5.93. The molecule has 1 aromatic carbocycles. The Balaban J connectivity index is 1.62. The number of benzene rings is 1. The molecule has 0 unspecified atom stereocenters. The SMILES string of the molecule is CCn1cc(C(=O)O)c(=O)c2cc(F)c(-n3cc(CO[C@H]4OC[C@@H](OC(C)=O)[C@@H](OC(C)=O)[C@@H]4OC(C)=O)nn3)c(F)c21. The quantitative estimate of drug-likeness (QED) is 0.270. The number of rotatable bonds is 9. The minimum Gasteiger partial charge on any atom is -0.477 e. The fourth-order valence-electron chi connectivity index (χ4n) is 4.58. The van der Waals surface area contributed by atoms with E-state index in [4.69, 9.17) is 23.7 Å². The molecule has 1 fully saturated rings. The first-order valence-electron chi connectivity index (χ1n) is 12.8. The molecule has 17 heteroatoms. The van der Waals surface area contributed by atoms with Crippen molar-refractivity contribution in [1.82, 2.24) is 19.6 Å². The van der Waals surface area contributed by atoms with Crippen molar-refractivity contribution >= 4 is 34.8 Å². The zero-order valence-electron chi connectivity index (χ0n) is 23.2. The van der Waals surface area contributed by atoms with Crippen LogP contribution in [0.4, 0.5) is 8.78 Å². The number of hydrogen-bond donors (Lipinski definition) is 1. The van der Waals surface area contributed by atoms with Gasteiger partial charge in [-0.25, -0.2) is 18.3 Å².